The van der Waals surface area contributed by atoms with E-state index < -0.39 is 8.07 Å². The van der Waals surface area contributed by atoms with Crippen molar-refractivity contribution in [3.63, 3.8) is 0 Å². The van der Waals surface area contributed by atoms with Gasteiger partial charge in [0.25, 0.3) is 0 Å². The summed E-state index contributed by atoms with van der Waals surface area (Å²) in [6.45, 7) is 14.3. The summed E-state index contributed by atoms with van der Waals surface area (Å²) < 4.78 is 0. The highest BCUT2D eigenvalue weighted by atomic mass is 28.3. The topological polar surface area (TPSA) is 0 Å². The molecule has 0 N–H and O–H groups in total. The van der Waals surface area contributed by atoms with E-state index in [1.807, 2.05) is 0 Å². The summed E-state index contributed by atoms with van der Waals surface area (Å²) in [4.78, 5) is 0. The lowest BCUT2D eigenvalue weighted by atomic mass is 9.85. The summed E-state index contributed by atoms with van der Waals surface area (Å²) in [5.41, 5.74) is 2.73. The highest BCUT2D eigenvalue weighted by Gasteiger charge is 2.34. The molecule has 1 unspecified atom stereocenters. The van der Waals surface area contributed by atoms with Crippen LogP contribution in [-0.2, 0) is 0 Å². The van der Waals surface area contributed by atoms with Gasteiger partial charge in [0, 0.05) is 0 Å². The minimum absolute atomic E-state index is 0.342. The number of rotatable bonds is 1. The SMILES string of the molecule is CC(C)(C)C1=CC=CC1[Si](C)(C)C. The zero-order valence-electron chi connectivity index (χ0n) is 9.81. The fourth-order valence-electron chi connectivity index (χ4n) is 1.95. The molecule has 0 aromatic heterocycles. The van der Waals surface area contributed by atoms with Gasteiger partial charge < -0.3 is 0 Å². The van der Waals surface area contributed by atoms with E-state index in [9.17, 15) is 0 Å². The second-order valence-electron chi connectivity index (χ2n) is 6.10. The molecule has 0 aromatic rings. The Morgan fingerprint density at radius 2 is 1.69 bits per heavy atom. The average molecular weight is 194 g/mol. The Kier molecular flexibility index (Phi) is 2.59. The average Bonchev–Trinajstić information content (AvgIpc) is 2.27. The van der Waals surface area contributed by atoms with Gasteiger partial charge in [0.05, 0.1) is 8.07 Å². The van der Waals surface area contributed by atoms with E-state index in [1.165, 1.54) is 0 Å². The molecule has 0 heterocycles. The van der Waals surface area contributed by atoms with Gasteiger partial charge in [-0.25, -0.2) is 0 Å². The van der Waals surface area contributed by atoms with Gasteiger partial charge in [-0.3, -0.25) is 0 Å². The molecule has 1 heteroatoms. The van der Waals surface area contributed by atoms with Crippen molar-refractivity contribution < 1.29 is 0 Å². The third-order valence-electron chi connectivity index (χ3n) is 2.71. The Morgan fingerprint density at radius 3 is 2.00 bits per heavy atom. The Hall–Kier alpha value is -0.303. The maximum absolute atomic E-state index is 2.45. The maximum atomic E-state index is 2.45. The first-order chi connectivity index (χ1) is 5.73. The van der Waals surface area contributed by atoms with Crippen molar-refractivity contribution in [2.45, 2.75) is 46.0 Å². The van der Waals surface area contributed by atoms with E-state index in [0.29, 0.717) is 5.41 Å². The first-order valence-corrected chi connectivity index (χ1v) is 8.69. The Balaban J connectivity index is 2.92. The van der Waals surface area contributed by atoms with Crippen LogP contribution in [0.1, 0.15) is 20.8 Å². The molecule has 0 aliphatic heterocycles. The Morgan fingerprint density at radius 1 is 1.15 bits per heavy atom. The second kappa shape index (κ2) is 3.12. The van der Waals surface area contributed by atoms with Crippen LogP contribution in [-0.4, -0.2) is 8.07 Å². The summed E-state index contributed by atoms with van der Waals surface area (Å²) in [7, 11) is -1.05. The van der Waals surface area contributed by atoms with E-state index in [-0.39, 0.29) is 0 Å². The van der Waals surface area contributed by atoms with Crippen molar-refractivity contribution >= 4 is 8.07 Å². The molecule has 1 rings (SSSR count). The van der Waals surface area contributed by atoms with Crippen molar-refractivity contribution in [1.29, 1.82) is 0 Å². The van der Waals surface area contributed by atoms with Crippen LogP contribution < -0.4 is 0 Å². The Bertz CT molecular complexity index is 245. The summed E-state index contributed by atoms with van der Waals surface area (Å²) in [5.74, 6) is 0. The van der Waals surface area contributed by atoms with Crippen LogP contribution in [0.5, 0.6) is 0 Å². The quantitative estimate of drug-likeness (QED) is 0.548. The van der Waals surface area contributed by atoms with E-state index >= 15 is 0 Å². The van der Waals surface area contributed by atoms with Crippen molar-refractivity contribution in [3.8, 4) is 0 Å². The molecule has 0 bridgehead atoms. The van der Waals surface area contributed by atoms with Gasteiger partial charge in [0.1, 0.15) is 0 Å². The van der Waals surface area contributed by atoms with E-state index in [2.05, 4.69) is 58.6 Å². The summed E-state index contributed by atoms with van der Waals surface area (Å²) in [6, 6.07) is 0. The van der Waals surface area contributed by atoms with Crippen LogP contribution in [0.15, 0.2) is 23.8 Å². The van der Waals surface area contributed by atoms with Gasteiger partial charge >= 0.3 is 0 Å². The summed E-state index contributed by atoms with van der Waals surface area (Å²) in [6.07, 6.45) is 6.96. The predicted molar refractivity (Wildman–Crippen MR) is 63.8 cm³/mol. The molecular formula is C12H22Si. The third kappa shape index (κ3) is 2.34. The molecule has 13 heavy (non-hydrogen) atoms. The predicted octanol–water partition coefficient (Wildman–Crippen LogP) is 4.24. The van der Waals surface area contributed by atoms with Gasteiger partial charge in [-0.2, -0.15) is 0 Å². The van der Waals surface area contributed by atoms with Crippen molar-refractivity contribution in [2.75, 3.05) is 0 Å². The lowest BCUT2D eigenvalue weighted by molar-refractivity contribution is 0.494. The lowest BCUT2D eigenvalue weighted by Crippen LogP contribution is -2.30. The highest BCUT2D eigenvalue weighted by Crippen LogP contribution is 2.44. The molecule has 0 amide bonds. The molecular weight excluding hydrogens is 172 g/mol. The molecule has 74 valence electrons. The van der Waals surface area contributed by atoms with Gasteiger partial charge in [0.15, 0.2) is 0 Å². The summed E-state index contributed by atoms with van der Waals surface area (Å²) >= 11 is 0. The highest BCUT2D eigenvalue weighted by molar-refractivity contribution is 6.78. The standard InChI is InChI=1S/C12H22Si/c1-12(2,3)10-8-7-9-11(10)13(4,5)6/h7-9,11H,1-6H3. The molecule has 0 radical (unpaired) electrons. The molecule has 1 atom stereocenters. The van der Waals surface area contributed by atoms with E-state index in [0.717, 1.165) is 5.54 Å². The summed E-state index contributed by atoms with van der Waals surface area (Å²) in [5, 5.41) is 0. The van der Waals surface area contributed by atoms with E-state index in [4.69, 9.17) is 0 Å². The van der Waals surface area contributed by atoms with Crippen molar-refractivity contribution in [3.05, 3.63) is 23.8 Å². The largest absolute Gasteiger partial charge is 0.0801 e. The molecule has 0 saturated heterocycles. The van der Waals surface area contributed by atoms with Gasteiger partial charge in [-0.1, -0.05) is 64.2 Å². The van der Waals surface area contributed by atoms with Crippen LogP contribution in [0.2, 0.25) is 25.2 Å². The van der Waals surface area contributed by atoms with Crippen LogP contribution in [0, 0.1) is 5.41 Å². The molecule has 0 nitrogen and oxygen atoms in total. The van der Waals surface area contributed by atoms with Crippen LogP contribution in [0.25, 0.3) is 0 Å². The Labute approximate surface area is 83.7 Å². The normalized spacial score (nSPS) is 23.5. The van der Waals surface area contributed by atoms with Gasteiger partial charge in [-0.05, 0) is 11.0 Å². The molecule has 0 aromatic carbocycles. The van der Waals surface area contributed by atoms with Crippen LogP contribution >= 0.6 is 0 Å². The van der Waals surface area contributed by atoms with Gasteiger partial charge in [0.2, 0.25) is 0 Å². The fourth-order valence-corrected chi connectivity index (χ4v) is 4.10. The smallest absolute Gasteiger partial charge is 0.0561 e. The third-order valence-corrected chi connectivity index (χ3v) is 5.08. The van der Waals surface area contributed by atoms with Crippen molar-refractivity contribution in [2.24, 2.45) is 5.41 Å². The molecule has 1 aliphatic carbocycles. The lowest BCUT2D eigenvalue weighted by Gasteiger charge is -2.33. The molecule has 0 fully saturated rings. The first kappa shape index (κ1) is 10.8. The number of hydrogen-bond donors (Lipinski definition) is 0. The number of hydrogen-bond acceptors (Lipinski definition) is 0. The van der Waals surface area contributed by atoms with Gasteiger partial charge in [-0.15, -0.1) is 0 Å². The first-order valence-electron chi connectivity index (χ1n) is 5.12. The number of allylic oxidation sites excluding steroid dienone is 4. The van der Waals surface area contributed by atoms with Crippen molar-refractivity contribution in [1.82, 2.24) is 0 Å². The van der Waals surface area contributed by atoms with E-state index in [1.54, 1.807) is 5.57 Å². The second-order valence-corrected chi connectivity index (χ2v) is 11.5. The monoisotopic (exact) mass is 194 g/mol. The maximum Gasteiger partial charge on any atom is 0.0561 e. The molecule has 1 aliphatic rings. The van der Waals surface area contributed by atoms with Crippen LogP contribution in [0.3, 0.4) is 0 Å². The zero-order chi connectivity index (χ0) is 10.3. The molecule has 0 saturated carbocycles. The zero-order valence-corrected chi connectivity index (χ0v) is 10.8. The van der Waals surface area contributed by atoms with Crippen LogP contribution in [0.4, 0.5) is 0 Å². The minimum Gasteiger partial charge on any atom is -0.0801 e. The minimum atomic E-state index is -1.05. The fraction of sp³-hybridized carbons (Fsp3) is 0.667. The molecule has 0 spiro atoms.